The van der Waals surface area contributed by atoms with Gasteiger partial charge in [0.2, 0.25) is 0 Å². The molecular formula is C28H22N2O7. The molecule has 0 aliphatic carbocycles. The highest BCUT2D eigenvalue weighted by atomic mass is 16.6. The number of benzene rings is 3. The van der Waals surface area contributed by atoms with Gasteiger partial charge in [-0.3, -0.25) is 10.6 Å². The van der Waals surface area contributed by atoms with Crippen LogP contribution in [-0.4, -0.2) is 31.4 Å². The van der Waals surface area contributed by atoms with E-state index < -0.39 is 23.8 Å². The molecule has 2 N–H and O–H groups in total. The first kappa shape index (κ1) is 22.7. The molecule has 4 bridgehead atoms. The molecule has 3 heterocycles. The number of anilines is 2. The molecule has 9 nitrogen and oxygen atoms in total. The second-order valence-corrected chi connectivity index (χ2v) is 8.71. The summed E-state index contributed by atoms with van der Waals surface area (Å²) in [6, 6.07) is 17.4. The minimum Gasteiger partial charge on any atom is -0.456 e. The summed E-state index contributed by atoms with van der Waals surface area (Å²) in [7, 11) is 0. The molecule has 0 fully saturated rings. The van der Waals surface area contributed by atoms with E-state index in [9.17, 15) is 14.4 Å². The lowest BCUT2D eigenvalue weighted by Gasteiger charge is -2.36. The van der Waals surface area contributed by atoms with E-state index in [1.807, 2.05) is 24.3 Å². The van der Waals surface area contributed by atoms with Crippen molar-refractivity contribution in [2.24, 2.45) is 0 Å². The molecule has 0 radical (unpaired) electrons. The van der Waals surface area contributed by atoms with Crippen molar-refractivity contribution in [3.05, 3.63) is 95.1 Å². The van der Waals surface area contributed by atoms with Crippen LogP contribution in [0.2, 0.25) is 0 Å². The van der Waals surface area contributed by atoms with Crippen LogP contribution in [-0.2, 0) is 19.8 Å². The Morgan fingerprint density at radius 2 is 1.24 bits per heavy atom. The lowest BCUT2D eigenvalue weighted by atomic mass is 9.77. The van der Waals surface area contributed by atoms with Crippen molar-refractivity contribution < 1.29 is 33.3 Å². The zero-order valence-corrected chi connectivity index (χ0v) is 19.6. The molecule has 9 heteroatoms. The van der Waals surface area contributed by atoms with Gasteiger partial charge in [-0.2, -0.15) is 0 Å². The fraction of sp³-hybridized carbons (Fsp3) is 0.179. The Morgan fingerprint density at radius 3 is 1.84 bits per heavy atom. The zero-order valence-electron chi connectivity index (χ0n) is 19.6. The Balaban J connectivity index is 1.48. The second-order valence-electron chi connectivity index (χ2n) is 8.71. The number of esters is 1. The third-order valence-corrected chi connectivity index (χ3v) is 6.41. The third kappa shape index (κ3) is 3.94. The summed E-state index contributed by atoms with van der Waals surface area (Å²) in [5.74, 6) is 0.316. The van der Waals surface area contributed by atoms with Gasteiger partial charge < -0.3 is 18.9 Å². The Kier molecular flexibility index (Phi) is 5.52. The van der Waals surface area contributed by atoms with E-state index in [1.54, 1.807) is 48.5 Å². The van der Waals surface area contributed by atoms with E-state index in [4.69, 9.17) is 18.9 Å². The first-order chi connectivity index (χ1) is 18.0. The van der Waals surface area contributed by atoms with Gasteiger partial charge in [-0.15, -0.1) is 0 Å². The first-order valence-corrected chi connectivity index (χ1v) is 11.9. The van der Waals surface area contributed by atoms with E-state index in [1.165, 1.54) is 0 Å². The van der Waals surface area contributed by atoms with Crippen LogP contribution < -0.4 is 15.4 Å². The number of hydrogen-bond donors (Lipinski definition) is 2. The molecule has 3 aliphatic heterocycles. The van der Waals surface area contributed by atoms with Crippen LogP contribution in [0.25, 0.3) is 0 Å². The molecular weight excluding hydrogens is 476 g/mol. The molecule has 3 aromatic rings. The normalized spacial score (nSPS) is 18.6. The lowest BCUT2D eigenvalue weighted by molar-refractivity contribution is 0.0224. The van der Waals surface area contributed by atoms with Crippen LogP contribution in [0.15, 0.2) is 72.8 Å². The van der Waals surface area contributed by atoms with Crippen LogP contribution in [0.3, 0.4) is 0 Å². The maximum Gasteiger partial charge on any atom is 0.411 e. The number of carbonyl (C=O) groups is 3. The topological polar surface area (TPSA) is 112 Å². The highest BCUT2D eigenvalue weighted by Crippen LogP contribution is 2.56. The number of cyclic esters (lactones) is 2. The molecule has 3 aliphatic rings. The molecule has 0 saturated heterocycles. The van der Waals surface area contributed by atoms with E-state index in [-0.39, 0.29) is 13.2 Å². The largest absolute Gasteiger partial charge is 0.456 e. The van der Waals surface area contributed by atoms with Crippen LogP contribution in [0.1, 0.15) is 39.9 Å². The van der Waals surface area contributed by atoms with E-state index in [2.05, 4.69) is 10.6 Å². The first-order valence-electron chi connectivity index (χ1n) is 11.9. The summed E-state index contributed by atoms with van der Waals surface area (Å²) in [6.45, 7) is 0.381. The standard InChI is InChI=1S/C28H22N2O7/c31-25-19-7-3-4-8-20(19)28(37-25)21-11-9-17-15-23(21)36-24-16-18(10-12-22(24)28)30-27(33)35-14-6-2-1-5-13-34-26(32)29-17/h1-4,7-12,15-16H,5-6,13-14H2,(H,29,32)(H,30,33)/b2-1+. The van der Waals surface area contributed by atoms with Crippen molar-refractivity contribution in [2.45, 2.75) is 18.4 Å². The van der Waals surface area contributed by atoms with Gasteiger partial charge in [0.1, 0.15) is 11.5 Å². The quantitative estimate of drug-likeness (QED) is 0.232. The van der Waals surface area contributed by atoms with Gasteiger partial charge in [0.05, 0.1) is 18.8 Å². The van der Waals surface area contributed by atoms with E-state index in [0.29, 0.717) is 58.0 Å². The van der Waals surface area contributed by atoms with Crippen molar-refractivity contribution >= 4 is 29.5 Å². The van der Waals surface area contributed by atoms with E-state index in [0.717, 1.165) is 0 Å². The van der Waals surface area contributed by atoms with Gasteiger partial charge in [-0.1, -0.05) is 30.4 Å². The van der Waals surface area contributed by atoms with Crippen LogP contribution in [0.5, 0.6) is 11.5 Å². The van der Waals surface area contributed by atoms with E-state index >= 15 is 0 Å². The van der Waals surface area contributed by atoms with Gasteiger partial charge in [0.25, 0.3) is 0 Å². The number of amides is 2. The van der Waals surface area contributed by atoms with Gasteiger partial charge in [-0.25, -0.2) is 14.4 Å². The fourth-order valence-electron chi connectivity index (χ4n) is 4.81. The van der Waals surface area contributed by atoms with Gasteiger partial charge in [-0.05, 0) is 43.2 Å². The predicted octanol–water partition coefficient (Wildman–Crippen LogP) is 5.70. The number of fused-ring (bicyclic) bond motifs is 6. The molecule has 3 aromatic carbocycles. The minimum absolute atomic E-state index is 0.191. The van der Waals surface area contributed by atoms with Crippen molar-refractivity contribution in [3.63, 3.8) is 0 Å². The molecule has 6 rings (SSSR count). The summed E-state index contributed by atoms with van der Waals surface area (Å²) in [6.07, 6.45) is 3.56. The van der Waals surface area contributed by atoms with Crippen molar-refractivity contribution in [2.75, 3.05) is 23.8 Å². The summed E-state index contributed by atoms with van der Waals surface area (Å²) >= 11 is 0. The highest BCUT2D eigenvalue weighted by molar-refractivity contribution is 5.97. The monoisotopic (exact) mass is 498 g/mol. The lowest BCUT2D eigenvalue weighted by Crippen LogP contribution is -2.33. The number of hydrogen-bond acceptors (Lipinski definition) is 7. The van der Waals surface area contributed by atoms with Gasteiger partial charge in [0.15, 0.2) is 5.60 Å². The van der Waals surface area contributed by atoms with Crippen molar-refractivity contribution in [3.8, 4) is 11.5 Å². The Morgan fingerprint density at radius 1 is 0.676 bits per heavy atom. The molecule has 37 heavy (non-hydrogen) atoms. The van der Waals surface area contributed by atoms with Gasteiger partial charge in [0, 0.05) is 40.2 Å². The number of nitrogens with one attached hydrogen (secondary N) is 2. The van der Waals surface area contributed by atoms with Crippen LogP contribution in [0.4, 0.5) is 21.0 Å². The third-order valence-electron chi connectivity index (χ3n) is 6.41. The summed E-state index contributed by atoms with van der Waals surface area (Å²) in [5, 5.41) is 5.43. The second kappa shape index (κ2) is 9.02. The van der Waals surface area contributed by atoms with Gasteiger partial charge >= 0.3 is 18.2 Å². The Hall–Kier alpha value is -4.79. The summed E-state index contributed by atoms with van der Waals surface area (Å²) in [5.41, 5.74) is 1.98. The molecule has 2 amide bonds. The maximum absolute atomic E-state index is 13.0. The van der Waals surface area contributed by atoms with Crippen molar-refractivity contribution in [1.82, 2.24) is 0 Å². The Bertz CT molecular complexity index is 1390. The van der Waals surface area contributed by atoms with Crippen molar-refractivity contribution in [1.29, 1.82) is 0 Å². The highest BCUT2D eigenvalue weighted by Gasteiger charge is 2.53. The SMILES string of the molecule is O=C1Nc2ccc3c(c2)Oc2cc(ccc2C32OC(=O)c3ccccc32)NC(=O)OCC/C=C/CCO1. The number of ether oxygens (including phenoxy) is 4. The number of rotatable bonds is 0. The molecule has 186 valence electrons. The zero-order chi connectivity index (χ0) is 25.4. The molecule has 0 saturated carbocycles. The Labute approximate surface area is 212 Å². The summed E-state index contributed by atoms with van der Waals surface area (Å²) in [4.78, 5) is 37.6. The predicted molar refractivity (Wildman–Crippen MR) is 133 cm³/mol. The fourth-order valence-corrected chi connectivity index (χ4v) is 4.81. The molecule has 0 atom stereocenters. The average Bonchev–Trinajstić information content (AvgIpc) is 3.18. The van der Waals surface area contributed by atoms with Crippen LogP contribution >= 0.6 is 0 Å². The molecule has 0 aromatic heterocycles. The smallest absolute Gasteiger partial charge is 0.411 e. The maximum atomic E-state index is 13.0. The minimum atomic E-state index is -1.26. The average molecular weight is 498 g/mol. The molecule has 1 spiro atoms. The van der Waals surface area contributed by atoms with Crippen LogP contribution in [0, 0.1) is 0 Å². The number of carbonyl (C=O) groups excluding carboxylic acids is 3. The molecule has 0 unspecified atom stereocenters. The summed E-state index contributed by atoms with van der Waals surface area (Å²) < 4.78 is 22.9.